The average molecular weight is 430 g/mol. The van der Waals surface area contributed by atoms with Crippen LogP contribution in [-0.2, 0) is 20.1 Å². The molecule has 0 amide bonds. The maximum absolute atomic E-state index is 6.21. The van der Waals surface area contributed by atoms with Crippen LogP contribution in [0, 0.1) is 6.92 Å². The van der Waals surface area contributed by atoms with E-state index in [1.165, 1.54) is 35.1 Å². The Morgan fingerprint density at radius 3 is 1.75 bits per heavy atom. The van der Waals surface area contributed by atoms with E-state index in [0.717, 1.165) is 16.6 Å². The van der Waals surface area contributed by atoms with Gasteiger partial charge in [0.1, 0.15) is 0 Å². The van der Waals surface area contributed by atoms with Crippen LogP contribution in [0.5, 0.6) is 0 Å². The van der Waals surface area contributed by atoms with Crippen molar-refractivity contribution in [2.45, 2.75) is 97.2 Å². The first kappa shape index (κ1) is 23.3. The fourth-order valence-electron chi connectivity index (χ4n) is 5.02. The van der Waals surface area contributed by atoms with E-state index in [4.69, 9.17) is 9.31 Å². The number of fused-ring (bicyclic) bond motifs is 1. The van der Waals surface area contributed by atoms with E-state index in [0.29, 0.717) is 0 Å². The Hall–Kier alpha value is -1.84. The maximum Gasteiger partial charge on any atom is 0.494 e. The predicted octanol–water partition coefficient (Wildman–Crippen LogP) is 6.70. The topological polar surface area (TPSA) is 18.5 Å². The number of hydrogen-bond acceptors (Lipinski definition) is 2. The Kier molecular flexibility index (Phi) is 5.35. The summed E-state index contributed by atoms with van der Waals surface area (Å²) >= 11 is 0. The lowest BCUT2D eigenvalue weighted by atomic mass is 9.62. The molecule has 2 aromatic rings. The second-order valence-corrected chi connectivity index (χ2v) is 12.2. The smallest absolute Gasteiger partial charge is 0.399 e. The van der Waals surface area contributed by atoms with Crippen molar-refractivity contribution in [2.75, 3.05) is 0 Å². The fourth-order valence-corrected chi connectivity index (χ4v) is 5.02. The molecule has 2 aliphatic rings. The van der Waals surface area contributed by atoms with Crippen LogP contribution in [0.15, 0.2) is 43.0 Å². The zero-order valence-electron chi connectivity index (χ0n) is 21.5. The predicted molar refractivity (Wildman–Crippen MR) is 137 cm³/mol. The van der Waals surface area contributed by atoms with Crippen LogP contribution in [0.2, 0.25) is 0 Å². The molecule has 0 unspecified atom stereocenters. The van der Waals surface area contributed by atoms with Crippen molar-refractivity contribution in [3.63, 3.8) is 0 Å². The molecule has 170 valence electrons. The second-order valence-electron chi connectivity index (χ2n) is 12.2. The Morgan fingerprint density at radius 1 is 0.781 bits per heavy atom. The van der Waals surface area contributed by atoms with Crippen molar-refractivity contribution in [3.8, 4) is 0 Å². The van der Waals surface area contributed by atoms with Crippen molar-refractivity contribution in [1.82, 2.24) is 0 Å². The van der Waals surface area contributed by atoms with Gasteiger partial charge in [0, 0.05) is 0 Å². The summed E-state index contributed by atoms with van der Waals surface area (Å²) in [6.45, 7) is 24.6. The lowest BCUT2D eigenvalue weighted by molar-refractivity contribution is 0.00578. The van der Waals surface area contributed by atoms with E-state index in [9.17, 15) is 0 Å². The second kappa shape index (κ2) is 7.33. The lowest BCUT2D eigenvalue weighted by Gasteiger charge is -2.42. The van der Waals surface area contributed by atoms with Gasteiger partial charge in [-0.05, 0) is 97.1 Å². The monoisotopic (exact) mass is 430 g/mol. The van der Waals surface area contributed by atoms with Crippen LogP contribution in [0.4, 0.5) is 0 Å². The van der Waals surface area contributed by atoms with Crippen LogP contribution >= 0.6 is 0 Å². The van der Waals surface area contributed by atoms with Gasteiger partial charge in [0.15, 0.2) is 0 Å². The van der Waals surface area contributed by atoms with Crippen molar-refractivity contribution >= 4 is 18.2 Å². The number of benzene rings is 2. The molecule has 0 spiro atoms. The minimum atomic E-state index is -0.337. The summed E-state index contributed by atoms with van der Waals surface area (Å²) in [6, 6.07) is 13.4. The standard InChI is InChI=1S/C29H39BO2/c1-19-17-24-25(27(5,6)16-15-26(24,3)4)18-23(19)20(2)21-11-13-22(14-12-21)30-31-28(7,8)29(9,10)32-30/h11-14,17-18H,2,15-16H2,1,3-10H3. The van der Waals surface area contributed by atoms with Gasteiger partial charge in [0.05, 0.1) is 11.2 Å². The molecular weight excluding hydrogens is 391 g/mol. The minimum Gasteiger partial charge on any atom is -0.399 e. The zero-order valence-corrected chi connectivity index (χ0v) is 21.5. The molecule has 1 aliphatic carbocycles. The molecule has 3 heteroatoms. The Morgan fingerprint density at radius 2 is 1.25 bits per heavy atom. The van der Waals surface area contributed by atoms with E-state index in [2.05, 4.69) is 105 Å². The molecule has 4 rings (SSSR count). The highest BCUT2D eigenvalue weighted by Crippen LogP contribution is 2.47. The summed E-state index contributed by atoms with van der Waals surface area (Å²) < 4.78 is 12.4. The SMILES string of the molecule is C=C(c1ccc(B2OC(C)(C)C(C)(C)O2)cc1)c1cc2c(cc1C)C(C)(C)CCC2(C)C. The van der Waals surface area contributed by atoms with Gasteiger partial charge in [0.25, 0.3) is 0 Å². The van der Waals surface area contributed by atoms with Gasteiger partial charge in [-0.2, -0.15) is 0 Å². The summed E-state index contributed by atoms with van der Waals surface area (Å²) in [4.78, 5) is 0. The zero-order chi connectivity index (χ0) is 23.7. The molecule has 32 heavy (non-hydrogen) atoms. The van der Waals surface area contributed by atoms with Crippen LogP contribution in [0.3, 0.4) is 0 Å². The van der Waals surface area contributed by atoms with Gasteiger partial charge < -0.3 is 9.31 Å². The fraction of sp³-hybridized carbons (Fsp3) is 0.517. The van der Waals surface area contributed by atoms with Gasteiger partial charge >= 0.3 is 7.12 Å². The van der Waals surface area contributed by atoms with Crippen molar-refractivity contribution < 1.29 is 9.31 Å². The summed E-state index contributed by atoms with van der Waals surface area (Å²) in [7, 11) is -0.337. The number of rotatable bonds is 3. The van der Waals surface area contributed by atoms with E-state index in [1.54, 1.807) is 0 Å². The lowest BCUT2D eigenvalue weighted by Crippen LogP contribution is -2.41. The van der Waals surface area contributed by atoms with Gasteiger partial charge in [-0.25, -0.2) is 0 Å². The summed E-state index contributed by atoms with van der Waals surface area (Å²) in [6.07, 6.45) is 2.44. The molecule has 0 aromatic heterocycles. The van der Waals surface area contributed by atoms with Gasteiger partial charge in [-0.1, -0.05) is 70.7 Å². The highest BCUT2D eigenvalue weighted by Gasteiger charge is 2.51. The molecule has 1 fully saturated rings. The first-order valence-corrected chi connectivity index (χ1v) is 12.0. The largest absolute Gasteiger partial charge is 0.494 e. The molecule has 1 heterocycles. The summed E-state index contributed by atoms with van der Waals surface area (Å²) in [5.41, 5.74) is 8.53. The molecule has 0 bridgehead atoms. The molecule has 1 saturated heterocycles. The first-order valence-electron chi connectivity index (χ1n) is 12.0. The quantitative estimate of drug-likeness (QED) is 0.504. The van der Waals surface area contributed by atoms with Crippen molar-refractivity contribution in [2.24, 2.45) is 0 Å². The third-order valence-electron chi connectivity index (χ3n) is 8.31. The van der Waals surface area contributed by atoms with E-state index >= 15 is 0 Å². The number of hydrogen-bond donors (Lipinski definition) is 0. The summed E-state index contributed by atoms with van der Waals surface area (Å²) in [5.74, 6) is 0. The van der Waals surface area contributed by atoms with Crippen LogP contribution in [0.1, 0.15) is 96.0 Å². The van der Waals surface area contributed by atoms with E-state index in [1.807, 2.05) is 0 Å². The average Bonchev–Trinajstić information content (AvgIpc) is 2.92. The van der Waals surface area contributed by atoms with E-state index in [-0.39, 0.29) is 29.2 Å². The molecule has 0 radical (unpaired) electrons. The Balaban J connectivity index is 1.65. The number of aryl methyl sites for hydroxylation is 1. The van der Waals surface area contributed by atoms with Crippen molar-refractivity contribution in [1.29, 1.82) is 0 Å². The Labute approximate surface area is 195 Å². The molecule has 0 saturated carbocycles. The first-order chi connectivity index (χ1) is 14.6. The Bertz CT molecular complexity index is 1040. The molecule has 2 aromatic carbocycles. The van der Waals surface area contributed by atoms with Crippen LogP contribution < -0.4 is 5.46 Å². The molecular formula is C29H39BO2. The third kappa shape index (κ3) is 3.78. The van der Waals surface area contributed by atoms with Crippen molar-refractivity contribution in [3.05, 3.63) is 70.8 Å². The van der Waals surface area contributed by atoms with Crippen LogP contribution in [0.25, 0.3) is 5.57 Å². The summed E-state index contributed by atoms with van der Waals surface area (Å²) in [5, 5.41) is 0. The molecule has 2 nitrogen and oxygen atoms in total. The third-order valence-corrected chi connectivity index (χ3v) is 8.31. The van der Waals surface area contributed by atoms with Gasteiger partial charge in [-0.15, -0.1) is 0 Å². The normalized spacial score (nSPS) is 22.5. The highest BCUT2D eigenvalue weighted by atomic mass is 16.7. The minimum absolute atomic E-state index is 0.189. The molecule has 0 atom stereocenters. The molecule has 1 aliphatic heterocycles. The van der Waals surface area contributed by atoms with E-state index < -0.39 is 0 Å². The van der Waals surface area contributed by atoms with Gasteiger partial charge in [0.2, 0.25) is 0 Å². The molecule has 0 N–H and O–H groups in total. The van der Waals surface area contributed by atoms with Gasteiger partial charge in [-0.3, -0.25) is 0 Å². The van der Waals surface area contributed by atoms with Crippen LogP contribution in [-0.4, -0.2) is 18.3 Å². The highest BCUT2D eigenvalue weighted by molar-refractivity contribution is 6.62. The maximum atomic E-state index is 6.21.